The van der Waals surface area contributed by atoms with Crippen LogP contribution in [0.1, 0.15) is 28.9 Å². The molecule has 0 aromatic heterocycles. The Morgan fingerprint density at radius 3 is 2.59 bits per heavy atom. The number of hydrogen-bond acceptors (Lipinski definition) is 2. The molecule has 6 heteroatoms. The van der Waals surface area contributed by atoms with Gasteiger partial charge in [0.25, 0.3) is 5.91 Å². The van der Waals surface area contributed by atoms with E-state index >= 15 is 0 Å². The third-order valence-electron chi connectivity index (χ3n) is 3.05. The Balaban J connectivity index is 2.10. The molecule has 1 unspecified atom stereocenters. The van der Waals surface area contributed by atoms with Crippen molar-refractivity contribution in [3.63, 3.8) is 0 Å². The molecule has 2 rings (SSSR count). The minimum Gasteiger partial charge on any atom is -0.435 e. The molecule has 3 nitrogen and oxygen atoms in total. The lowest BCUT2D eigenvalue weighted by Crippen LogP contribution is -2.26. The Morgan fingerprint density at radius 2 is 1.91 bits per heavy atom. The van der Waals surface area contributed by atoms with Crippen LogP contribution in [0.3, 0.4) is 0 Å². The molecule has 0 aliphatic rings. The molecular formula is C16H14BrF2NO2. The molecule has 0 saturated heterocycles. The van der Waals surface area contributed by atoms with E-state index in [1.54, 1.807) is 37.3 Å². The molecule has 0 saturated carbocycles. The van der Waals surface area contributed by atoms with Crippen molar-refractivity contribution in [2.75, 3.05) is 0 Å². The van der Waals surface area contributed by atoms with Crippen molar-refractivity contribution in [2.24, 2.45) is 0 Å². The number of hydrogen-bond donors (Lipinski definition) is 1. The number of alkyl halides is 2. The van der Waals surface area contributed by atoms with Crippen LogP contribution < -0.4 is 10.1 Å². The van der Waals surface area contributed by atoms with Gasteiger partial charge in [0, 0.05) is 4.47 Å². The summed E-state index contributed by atoms with van der Waals surface area (Å²) in [6.45, 7) is -1.10. The molecule has 0 aliphatic carbocycles. The Bertz CT molecular complexity index is 664. The third kappa shape index (κ3) is 4.27. The maximum absolute atomic E-state index is 12.2. The first kappa shape index (κ1) is 16.4. The zero-order valence-electron chi connectivity index (χ0n) is 11.7. The second kappa shape index (κ2) is 7.35. The van der Waals surface area contributed by atoms with Gasteiger partial charge in [-0.15, -0.1) is 0 Å². The average molecular weight is 370 g/mol. The predicted octanol–water partition coefficient (Wildman–Crippen LogP) is 4.54. The molecule has 1 amide bonds. The van der Waals surface area contributed by atoms with E-state index in [0.717, 1.165) is 0 Å². The molecular weight excluding hydrogens is 356 g/mol. The summed E-state index contributed by atoms with van der Waals surface area (Å²) in [4.78, 5) is 12.2. The Hall–Kier alpha value is -1.95. The van der Waals surface area contributed by atoms with Crippen LogP contribution in [-0.2, 0) is 0 Å². The van der Waals surface area contributed by atoms with E-state index < -0.39 is 6.61 Å². The molecule has 0 heterocycles. The summed E-state index contributed by atoms with van der Waals surface area (Å²) in [7, 11) is 0. The van der Waals surface area contributed by atoms with Crippen LogP contribution >= 0.6 is 15.9 Å². The molecule has 0 spiro atoms. The molecule has 1 atom stereocenters. The highest BCUT2D eigenvalue weighted by atomic mass is 79.9. The van der Waals surface area contributed by atoms with Crippen molar-refractivity contribution < 1.29 is 18.3 Å². The Morgan fingerprint density at radius 1 is 1.18 bits per heavy atom. The predicted molar refractivity (Wildman–Crippen MR) is 83.1 cm³/mol. The summed E-state index contributed by atoms with van der Waals surface area (Å²) in [5.74, 6) is -0.186. The minimum atomic E-state index is -2.87. The fourth-order valence-electron chi connectivity index (χ4n) is 1.96. The maximum atomic E-state index is 12.2. The standard InChI is InChI=1S/C16H14BrF2NO2/c1-10(11-5-4-6-12(9-11)22-16(18)19)20-15(21)13-7-2-3-8-14(13)17/h2-10,16H,1H3,(H,20,21). The number of ether oxygens (including phenoxy) is 1. The van der Waals surface area contributed by atoms with Crippen molar-refractivity contribution in [2.45, 2.75) is 19.6 Å². The first-order valence-corrected chi connectivity index (χ1v) is 7.37. The second-order valence-electron chi connectivity index (χ2n) is 4.63. The van der Waals surface area contributed by atoms with Crippen molar-refractivity contribution >= 4 is 21.8 Å². The zero-order chi connectivity index (χ0) is 16.1. The van der Waals surface area contributed by atoms with Gasteiger partial charge in [-0.1, -0.05) is 24.3 Å². The van der Waals surface area contributed by atoms with Gasteiger partial charge in [0.1, 0.15) is 5.75 Å². The number of carbonyl (C=O) groups is 1. The highest BCUT2D eigenvalue weighted by Gasteiger charge is 2.14. The van der Waals surface area contributed by atoms with E-state index in [0.29, 0.717) is 15.6 Å². The molecule has 22 heavy (non-hydrogen) atoms. The van der Waals surface area contributed by atoms with Gasteiger partial charge in [0.2, 0.25) is 0 Å². The van der Waals surface area contributed by atoms with Crippen LogP contribution in [0.5, 0.6) is 5.75 Å². The first-order valence-electron chi connectivity index (χ1n) is 6.57. The van der Waals surface area contributed by atoms with Crippen molar-refractivity contribution in [1.29, 1.82) is 0 Å². The van der Waals surface area contributed by atoms with E-state index in [9.17, 15) is 13.6 Å². The monoisotopic (exact) mass is 369 g/mol. The molecule has 2 aromatic rings. The average Bonchev–Trinajstić information content (AvgIpc) is 2.47. The Kier molecular flexibility index (Phi) is 5.49. The highest BCUT2D eigenvalue weighted by Crippen LogP contribution is 2.22. The quantitative estimate of drug-likeness (QED) is 0.839. The number of nitrogens with one attached hydrogen (secondary N) is 1. The van der Waals surface area contributed by atoms with Gasteiger partial charge in [0.15, 0.2) is 0 Å². The minimum absolute atomic E-state index is 0.0643. The lowest BCUT2D eigenvalue weighted by molar-refractivity contribution is -0.0499. The number of benzene rings is 2. The van der Waals surface area contributed by atoms with Crippen LogP contribution in [0.2, 0.25) is 0 Å². The SMILES string of the molecule is CC(NC(=O)c1ccccc1Br)c1cccc(OC(F)F)c1. The van der Waals surface area contributed by atoms with Gasteiger partial charge >= 0.3 is 6.61 Å². The third-order valence-corrected chi connectivity index (χ3v) is 3.74. The number of halogens is 3. The maximum Gasteiger partial charge on any atom is 0.387 e. The van der Waals surface area contributed by atoms with Crippen molar-refractivity contribution in [3.8, 4) is 5.75 Å². The molecule has 0 radical (unpaired) electrons. The normalized spacial score (nSPS) is 12.0. The van der Waals surface area contributed by atoms with Gasteiger partial charge in [0.05, 0.1) is 11.6 Å². The number of carbonyl (C=O) groups excluding carboxylic acids is 1. The van der Waals surface area contributed by atoms with Crippen LogP contribution in [0, 0.1) is 0 Å². The van der Waals surface area contributed by atoms with Gasteiger partial charge in [-0.05, 0) is 52.7 Å². The summed E-state index contributed by atoms with van der Waals surface area (Å²) >= 11 is 3.32. The summed E-state index contributed by atoms with van der Waals surface area (Å²) in [5.41, 5.74) is 1.19. The van der Waals surface area contributed by atoms with Crippen molar-refractivity contribution in [3.05, 3.63) is 64.1 Å². The summed E-state index contributed by atoms with van der Waals surface area (Å²) in [6, 6.07) is 13.0. The van der Waals surface area contributed by atoms with E-state index in [1.807, 2.05) is 6.07 Å². The molecule has 2 aromatic carbocycles. The van der Waals surface area contributed by atoms with Crippen LogP contribution in [-0.4, -0.2) is 12.5 Å². The van der Waals surface area contributed by atoms with Gasteiger partial charge < -0.3 is 10.1 Å². The van der Waals surface area contributed by atoms with E-state index in [1.165, 1.54) is 12.1 Å². The number of amides is 1. The van der Waals surface area contributed by atoms with E-state index in [4.69, 9.17) is 0 Å². The van der Waals surface area contributed by atoms with Crippen molar-refractivity contribution in [1.82, 2.24) is 5.32 Å². The fraction of sp³-hybridized carbons (Fsp3) is 0.188. The first-order chi connectivity index (χ1) is 10.5. The highest BCUT2D eigenvalue weighted by molar-refractivity contribution is 9.10. The molecule has 0 aliphatic heterocycles. The lowest BCUT2D eigenvalue weighted by Gasteiger charge is -2.16. The topological polar surface area (TPSA) is 38.3 Å². The van der Waals surface area contributed by atoms with Gasteiger partial charge in [-0.25, -0.2) is 0 Å². The zero-order valence-corrected chi connectivity index (χ0v) is 13.3. The largest absolute Gasteiger partial charge is 0.435 e. The van der Waals surface area contributed by atoms with Crippen LogP contribution in [0.4, 0.5) is 8.78 Å². The summed E-state index contributed by atoms with van der Waals surface area (Å²) in [6.07, 6.45) is 0. The fourth-order valence-corrected chi connectivity index (χ4v) is 2.43. The van der Waals surface area contributed by atoms with Gasteiger partial charge in [-0.3, -0.25) is 4.79 Å². The van der Waals surface area contributed by atoms with Crippen LogP contribution in [0.25, 0.3) is 0 Å². The van der Waals surface area contributed by atoms with E-state index in [2.05, 4.69) is 26.0 Å². The van der Waals surface area contributed by atoms with Crippen LogP contribution in [0.15, 0.2) is 53.0 Å². The second-order valence-corrected chi connectivity index (χ2v) is 5.48. The van der Waals surface area contributed by atoms with Gasteiger partial charge in [-0.2, -0.15) is 8.78 Å². The molecule has 116 valence electrons. The molecule has 0 bridgehead atoms. The molecule has 1 N–H and O–H groups in total. The summed E-state index contributed by atoms with van der Waals surface area (Å²) in [5, 5.41) is 2.82. The summed E-state index contributed by atoms with van der Waals surface area (Å²) < 4.78 is 29.5. The lowest BCUT2D eigenvalue weighted by atomic mass is 10.1. The smallest absolute Gasteiger partial charge is 0.387 e. The van der Waals surface area contributed by atoms with E-state index in [-0.39, 0.29) is 17.7 Å². The Labute approximate surface area is 135 Å². The molecule has 0 fully saturated rings. The number of rotatable bonds is 5.